The van der Waals surface area contributed by atoms with Crippen LogP contribution in [0.1, 0.15) is 93.2 Å². The first-order valence-corrected chi connectivity index (χ1v) is 9.02. The molecule has 1 aromatic rings. The molecule has 0 spiro atoms. The quantitative estimate of drug-likeness (QED) is 0.615. The molecule has 0 saturated heterocycles. The molecule has 0 unspecified atom stereocenters. The van der Waals surface area contributed by atoms with Crippen LogP contribution in [-0.2, 0) is 10.8 Å². The maximum Gasteiger partial charge on any atom is 0.161 e. The van der Waals surface area contributed by atoms with Crippen LogP contribution in [-0.4, -0.2) is 10.2 Å². The van der Waals surface area contributed by atoms with Crippen molar-refractivity contribution in [1.29, 1.82) is 0 Å². The summed E-state index contributed by atoms with van der Waals surface area (Å²) in [5, 5.41) is 21.4. The lowest BCUT2D eigenvalue weighted by Crippen LogP contribution is -2.27. The van der Waals surface area contributed by atoms with Gasteiger partial charge in [-0.05, 0) is 34.5 Å². The molecular formula is C22H38O2. The minimum atomic E-state index is -0.202. The van der Waals surface area contributed by atoms with Crippen LogP contribution in [0.4, 0.5) is 0 Å². The Balaban J connectivity index is 3.33. The molecule has 1 aromatic carbocycles. The summed E-state index contributed by atoms with van der Waals surface area (Å²) in [5.41, 5.74) is 1.54. The molecular weight excluding hydrogens is 296 g/mol. The minimum absolute atomic E-state index is 0.0451. The van der Waals surface area contributed by atoms with E-state index in [1.54, 1.807) is 0 Å². The first-order chi connectivity index (χ1) is 10.5. The van der Waals surface area contributed by atoms with Gasteiger partial charge in [0.05, 0.1) is 0 Å². The van der Waals surface area contributed by atoms with E-state index in [0.717, 1.165) is 24.0 Å². The highest BCUT2D eigenvalue weighted by atomic mass is 16.3. The molecule has 0 radical (unpaired) electrons. The van der Waals surface area contributed by atoms with Gasteiger partial charge in [-0.25, -0.2) is 0 Å². The van der Waals surface area contributed by atoms with Crippen molar-refractivity contribution in [2.45, 2.75) is 92.9 Å². The Labute approximate surface area is 149 Å². The van der Waals surface area contributed by atoms with Crippen molar-refractivity contribution in [2.75, 3.05) is 0 Å². The smallest absolute Gasteiger partial charge is 0.161 e. The molecule has 0 saturated carbocycles. The van der Waals surface area contributed by atoms with Crippen molar-refractivity contribution in [3.05, 3.63) is 23.3 Å². The molecule has 138 valence electrons. The van der Waals surface area contributed by atoms with Crippen LogP contribution in [0.25, 0.3) is 0 Å². The molecule has 0 aromatic heterocycles. The van der Waals surface area contributed by atoms with E-state index < -0.39 is 0 Å². The van der Waals surface area contributed by atoms with Gasteiger partial charge in [0, 0.05) is 11.1 Å². The Morgan fingerprint density at radius 3 is 1.04 bits per heavy atom. The Morgan fingerprint density at radius 1 is 0.583 bits per heavy atom. The van der Waals surface area contributed by atoms with Gasteiger partial charge in [-0.1, -0.05) is 81.4 Å². The monoisotopic (exact) mass is 334 g/mol. The summed E-state index contributed by atoms with van der Waals surface area (Å²) in [6, 6.07) is 4.00. The van der Waals surface area contributed by atoms with Crippen molar-refractivity contribution in [1.82, 2.24) is 0 Å². The predicted molar refractivity (Wildman–Crippen MR) is 104 cm³/mol. The zero-order chi connectivity index (χ0) is 19.1. The summed E-state index contributed by atoms with van der Waals surface area (Å²) in [6.45, 7) is 21.7. The molecule has 0 bridgehead atoms. The predicted octanol–water partition coefficient (Wildman–Crippen LogP) is 6.53. The van der Waals surface area contributed by atoms with Crippen LogP contribution >= 0.6 is 0 Å². The molecule has 0 aliphatic rings. The SMILES string of the molecule is CC(C)(C)CC(C)(C)c1ccc(C(C)(C)CC(C)(C)C)c(O)c1O. The van der Waals surface area contributed by atoms with Crippen LogP contribution in [0.15, 0.2) is 12.1 Å². The molecule has 2 heteroatoms. The molecule has 0 atom stereocenters. The molecule has 0 fully saturated rings. The highest BCUT2D eigenvalue weighted by molar-refractivity contribution is 5.54. The maximum atomic E-state index is 10.7. The van der Waals surface area contributed by atoms with E-state index in [2.05, 4.69) is 69.2 Å². The minimum Gasteiger partial charge on any atom is -0.504 e. The van der Waals surface area contributed by atoms with Crippen LogP contribution < -0.4 is 0 Å². The van der Waals surface area contributed by atoms with Gasteiger partial charge in [-0.15, -0.1) is 0 Å². The first kappa shape index (κ1) is 20.9. The summed E-state index contributed by atoms with van der Waals surface area (Å²) < 4.78 is 0. The summed E-state index contributed by atoms with van der Waals surface area (Å²) in [7, 11) is 0. The Morgan fingerprint density at radius 2 is 0.833 bits per heavy atom. The fourth-order valence-electron chi connectivity index (χ4n) is 4.51. The molecule has 0 amide bonds. The van der Waals surface area contributed by atoms with Crippen molar-refractivity contribution in [3.8, 4) is 11.5 Å². The van der Waals surface area contributed by atoms with E-state index in [0.29, 0.717) is 0 Å². The lowest BCUT2D eigenvalue weighted by molar-refractivity contribution is 0.267. The van der Waals surface area contributed by atoms with Gasteiger partial charge in [-0.3, -0.25) is 0 Å². The molecule has 0 heterocycles. The van der Waals surface area contributed by atoms with Crippen molar-refractivity contribution in [2.24, 2.45) is 10.8 Å². The largest absolute Gasteiger partial charge is 0.504 e. The third-order valence-electron chi connectivity index (χ3n) is 4.55. The van der Waals surface area contributed by atoms with Gasteiger partial charge in [0.25, 0.3) is 0 Å². The Kier molecular flexibility index (Phi) is 5.46. The van der Waals surface area contributed by atoms with Gasteiger partial charge in [0.1, 0.15) is 0 Å². The van der Waals surface area contributed by atoms with Crippen LogP contribution in [0, 0.1) is 10.8 Å². The van der Waals surface area contributed by atoms with E-state index in [1.807, 2.05) is 12.1 Å². The second-order valence-electron chi connectivity index (χ2n) is 11.1. The summed E-state index contributed by atoms with van der Waals surface area (Å²) in [5.74, 6) is 0.0902. The average molecular weight is 335 g/mol. The fraction of sp³-hybridized carbons (Fsp3) is 0.727. The van der Waals surface area contributed by atoms with Crippen molar-refractivity contribution < 1.29 is 10.2 Å². The fourth-order valence-corrected chi connectivity index (χ4v) is 4.51. The van der Waals surface area contributed by atoms with Crippen LogP contribution in [0.3, 0.4) is 0 Å². The van der Waals surface area contributed by atoms with E-state index in [-0.39, 0.29) is 33.2 Å². The van der Waals surface area contributed by atoms with E-state index in [9.17, 15) is 10.2 Å². The third-order valence-corrected chi connectivity index (χ3v) is 4.55. The Bertz CT molecular complexity index is 528. The summed E-state index contributed by atoms with van der Waals surface area (Å²) in [6.07, 6.45) is 1.86. The highest BCUT2D eigenvalue weighted by Gasteiger charge is 2.34. The van der Waals surface area contributed by atoms with E-state index in [1.165, 1.54) is 0 Å². The van der Waals surface area contributed by atoms with Gasteiger partial charge in [0.15, 0.2) is 11.5 Å². The number of phenols is 2. The number of aromatic hydroxyl groups is 2. The van der Waals surface area contributed by atoms with E-state index in [4.69, 9.17) is 0 Å². The molecule has 2 nitrogen and oxygen atoms in total. The van der Waals surface area contributed by atoms with Crippen LogP contribution in [0.2, 0.25) is 0 Å². The number of rotatable bonds is 4. The molecule has 0 aliphatic carbocycles. The number of benzene rings is 1. The Hall–Kier alpha value is -1.18. The van der Waals surface area contributed by atoms with Crippen molar-refractivity contribution in [3.63, 3.8) is 0 Å². The first-order valence-electron chi connectivity index (χ1n) is 9.02. The standard InChI is InChI=1S/C22H38O2/c1-19(2,3)13-21(7,8)15-11-12-16(18(24)17(15)23)22(9,10)14-20(4,5)6/h11-12,23-24H,13-14H2,1-10H3. The summed E-state index contributed by atoms with van der Waals surface area (Å²) >= 11 is 0. The molecule has 24 heavy (non-hydrogen) atoms. The normalized spacial score (nSPS) is 14.1. The van der Waals surface area contributed by atoms with Gasteiger partial charge in [0.2, 0.25) is 0 Å². The van der Waals surface area contributed by atoms with Gasteiger partial charge >= 0.3 is 0 Å². The number of hydrogen-bond donors (Lipinski definition) is 2. The van der Waals surface area contributed by atoms with Gasteiger partial charge in [-0.2, -0.15) is 0 Å². The second kappa shape index (κ2) is 6.28. The molecule has 0 aliphatic heterocycles. The third kappa shape index (κ3) is 5.16. The average Bonchev–Trinajstić information content (AvgIpc) is 2.25. The van der Waals surface area contributed by atoms with Crippen LogP contribution in [0.5, 0.6) is 11.5 Å². The lowest BCUT2D eigenvalue weighted by Gasteiger charge is -2.36. The van der Waals surface area contributed by atoms with E-state index >= 15 is 0 Å². The summed E-state index contributed by atoms with van der Waals surface area (Å²) in [4.78, 5) is 0. The highest BCUT2D eigenvalue weighted by Crippen LogP contribution is 2.48. The zero-order valence-electron chi connectivity index (χ0n) is 17.5. The molecule has 1 rings (SSSR count). The zero-order valence-corrected chi connectivity index (χ0v) is 17.5. The maximum absolute atomic E-state index is 10.7. The molecule has 2 N–H and O–H groups in total. The lowest BCUT2D eigenvalue weighted by atomic mass is 9.69. The van der Waals surface area contributed by atoms with Crippen molar-refractivity contribution >= 4 is 0 Å². The second-order valence-corrected chi connectivity index (χ2v) is 11.1. The topological polar surface area (TPSA) is 40.5 Å². The van der Waals surface area contributed by atoms with Gasteiger partial charge < -0.3 is 10.2 Å². The number of phenolic OH excluding ortho intramolecular Hbond substituents is 2. The number of hydrogen-bond acceptors (Lipinski definition) is 2.